The molecule has 1 rings (SSSR count). The summed E-state index contributed by atoms with van der Waals surface area (Å²) >= 11 is 3.41. The highest BCUT2D eigenvalue weighted by Crippen LogP contribution is 2.42. The van der Waals surface area contributed by atoms with Crippen molar-refractivity contribution in [3.63, 3.8) is 0 Å². The van der Waals surface area contributed by atoms with Crippen molar-refractivity contribution in [2.24, 2.45) is 0 Å². The van der Waals surface area contributed by atoms with Gasteiger partial charge < -0.3 is 19.7 Å². The predicted molar refractivity (Wildman–Crippen MR) is 84.9 cm³/mol. The van der Waals surface area contributed by atoms with Crippen LogP contribution in [0.4, 0.5) is 17.1 Å². The first-order chi connectivity index (χ1) is 10.4. The van der Waals surface area contributed by atoms with Crippen molar-refractivity contribution in [1.29, 1.82) is 0 Å². The Bertz CT molecular complexity index is 541. The van der Waals surface area contributed by atoms with Gasteiger partial charge in [0.15, 0.2) is 0 Å². The zero-order chi connectivity index (χ0) is 16.9. The summed E-state index contributed by atoms with van der Waals surface area (Å²) in [6, 6.07) is 1.63. The highest BCUT2D eigenvalue weighted by Gasteiger charge is 2.29. The number of carbonyl (C=O) groups excluding carboxylic acids is 1. The van der Waals surface area contributed by atoms with Gasteiger partial charge in [-0.05, 0) is 21.2 Å². The average Bonchev–Trinajstić information content (AvgIpc) is 2.53. The van der Waals surface area contributed by atoms with Crippen molar-refractivity contribution in [3.05, 3.63) is 10.5 Å². The molecular weight excluding hydrogens is 358 g/mol. The minimum Gasteiger partial charge on any atom is -0.495 e. The number of rotatable bonds is 7. The van der Waals surface area contributed by atoms with Gasteiger partial charge in [-0.15, -0.1) is 0 Å². The van der Waals surface area contributed by atoms with Crippen molar-refractivity contribution in [3.8, 4) is 5.75 Å². The molecule has 9 heteroatoms. The van der Waals surface area contributed by atoms with Gasteiger partial charge in [0, 0.05) is 27.3 Å². The van der Waals surface area contributed by atoms with E-state index in [0.29, 0.717) is 27.3 Å². The topological polar surface area (TPSA) is 84.7 Å². The van der Waals surface area contributed by atoms with Crippen LogP contribution in [0.5, 0.6) is 5.75 Å². The van der Waals surface area contributed by atoms with Gasteiger partial charge in [0.25, 0.3) is 5.91 Å². The Morgan fingerprint density at radius 3 is 2.55 bits per heavy atom. The molecule has 1 unspecified atom stereocenters. The maximum atomic E-state index is 12.1. The molecule has 124 valence electrons. The minimum atomic E-state index is -0.320. The van der Waals surface area contributed by atoms with E-state index in [0.717, 1.165) is 0 Å². The first-order valence-electron chi connectivity index (χ1n) is 6.36. The molecule has 0 spiro atoms. The van der Waals surface area contributed by atoms with Gasteiger partial charge in [-0.3, -0.25) is 4.79 Å². The monoisotopic (exact) mass is 378 g/mol. The summed E-state index contributed by atoms with van der Waals surface area (Å²) in [5.74, 6) is 0.225. The van der Waals surface area contributed by atoms with E-state index in [1.54, 1.807) is 20.2 Å². The zero-order valence-electron chi connectivity index (χ0n) is 13.2. The lowest BCUT2D eigenvalue weighted by Gasteiger charge is -2.23. The molecule has 1 aromatic rings. The van der Waals surface area contributed by atoms with E-state index < -0.39 is 0 Å². The molecule has 3 N–H and O–H groups in total. The molecule has 0 fully saturated rings. The van der Waals surface area contributed by atoms with Crippen molar-refractivity contribution in [1.82, 2.24) is 0 Å². The molecule has 22 heavy (non-hydrogen) atoms. The predicted octanol–water partition coefficient (Wildman–Crippen LogP) is 0.576. The summed E-state index contributed by atoms with van der Waals surface area (Å²) < 4.78 is 10.8. The van der Waals surface area contributed by atoms with Gasteiger partial charge >= 0.3 is 0 Å². The Morgan fingerprint density at radius 1 is 1.45 bits per heavy atom. The molecule has 0 aliphatic heterocycles. The van der Waals surface area contributed by atoms with Crippen molar-refractivity contribution >= 4 is 38.9 Å². The Kier molecular flexibility index (Phi) is 7.04. The number of carbonyl (C=O) groups is 1. The number of anilines is 2. The summed E-state index contributed by atoms with van der Waals surface area (Å²) in [4.78, 5) is 18.4. The molecule has 0 radical (unpaired) electrons. The number of benzene rings is 1. The zero-order valence-corrected chi connectivity index (χ0v) is 14.8. The van der Waals surface area contributed by atoms with Crippen molar-refractivity contribution in [2.75, 3.05) is 52.2 Å². The van der Waals surface area contributed by atoms with E-state index in [4.69, 9.17) is 14.3 Å². The fourth-order valence-electron chi connectivity index (χ4n) is 1.94. The van der Waals surface area contributed by atoms with Gasteiger partial charge in [-0.25, -0.2) is 0 Å². The second kappa shape index (κ2) is 8.30. The highest BCUT2D eigenvalue weighted by atomic mass is 79.9. The largest absolute Gasteiger partial charge is 0.495 e. The number of methoxy groups -OCH3 is 2. The van der Waals surface area contributed by atoms with Gasteiger partial charge in [-0.2, -0.15) is 10.0 Å². The van der Waals surface area contributed by atoms with E-state index in [2.05, 4.69) is 21.2 Å². The third kappa shape index (κ3) is 3.68. The third-order valence-corrected chi connectivity index (χ3v) is 3.88. The first kappa shape index (κ1) is 18.7. The van der Waals surface area contributed by atoms with E-state index >= 15 is 0 Å². The molecule has 0 aliphatic carbocycles. The normalized spacial score (nSPS) is 12.0. The smallest absolute Gasteiger partial charge is 0.252 e. The summed E-state index contributed by atoms with van der Waals surface area (Å²) in [7, 11) is 7.56. The summed E-state index contributed by atoms with van der Waals surface area (Å²) in [5.41, 5.74) is 1.29. The molecule has 0 heterocycles. The van der Waals surface area contributed by atoms with Crippen LogP contribution in [0.15, 0.2) is 10.5 Å². The Hall–Kier alpha value is -1.39. The molecule has 0 bridgehead atoms. The van der Waals surface area contributed by atoms with E-state index in [9.17, 15) is 10.0 Å². The highest BCUT2D eigenvalue weighted by molar-refractivity contribution is 9.10. The van der Waals surface area contributed by atoms with Crippen LogP contribution in [0, 0.1) is 0 Å². The van der Waals surface area contributed by atoms with E-state index in [1.807, 2.05) is 0 Å². The number of quaternary nitrogens is 1. The van der Waals surface area contributed by atoms with E-state index in [1.165, 1.54) is 26.2 Å². The van der Waals surface area contributed by atoms with Crippen LogP contribution < -0.4 is 20.2 Å². The summed E-state index contributed by atoms with van der Waals surface area (Å²) in [5, 5.41) is 12.7. The SMILES string of the molecule is CNc1c(Br)c(OC)cc(N(C)C(=O)COC)c1[NH+](O)OC. The number of ether oxygens (including phenoxy) is 2. The molecule has 1 aromatic carbocycles. The molecular formula is C13H21BrN3O5+. The number of nitrogens with zero attached hydrogens (tertiary/aromatic N) is 1. The van der Waals surface area contributed by atoms with Gasteiger partial charge in [-0.1, -0.05) is 0 Å². The van der Waals surface area contributed by atoms with E-state index in [-0.39, 0.29) is 17.7 Å². The van der Waals surface area contributed by atoms with Crippen LogP contribution in [0.3, 0.4) is 0 Å². The van der Waals surface area contributed by atoms with Crippen LogP contribution in [0.1, 0.15) is 0 Å². The fourth-order valence-corrected chi connectivity index (χ4v) is 2.61. The molecule has 8 nitrogen and oxygen atoms in total. The molecule has 0 saturated heterocycles. The molecule has 0 aliphatic rings. The lowest BCUT2D eigenvalue weighted by atomic mass is 10.2. The summed E-state index contributed by atoms with van der Waals surface area (Å²) in [6.07, 6.45) is 0. The molecule has 0 aromatic heterocycles. The average molecular weight is 379 g/mol. The van der Waals surface area contributed by atoms with Crippen LogP contribution in [0.25, 0.3) is 0 Å². The van der Waals surface area contributed by atoms with Gasteiger partial charge in [0.2, 0.25) is 5.69 Å². The van der Waals surface area contributed by atoms with Crippen molar-refractivity contribution < 1.29 is 29.5 Å². The van der Waals surface area contributed by atoms with Crippen molar-refractivity contribution in [2.45, 2.75) is 0 Å². The molecule has 1 atom stereocenters. The quantitative estimate of drug-likeness (QED) is 0.601. The maximum absolute atomic E-state index is 12.1. The van der Waals surface area contributed by atoms with Gasteiger partial charge in [0.05, 0.1) is 11.6 Å². The Balaban J connectivity index is 3.55. The van der Waals surface area contributed by atoms with Gasteiger partial charge in [0.1, 0.15) is 30.8 Å². The second-order valence-electron chi connectivity index (χ2n) is 4.31. The first-order valence-corrected chi connectivity index (χ1v) is 7.16. The third-order valence-electron chi connectivity index (χ3n) is 3.09. The lowest BCUT2D eigenvalue weighted by molar-refractivity contribution is -1.19. The number of halogens is 1. The summed E-state index contributed by atoms with van der Waals surface area (Å²) in [6.45, 7) is -0.0864. The number of nitrogens with one attached hydrogen (secondary N) is 2. The number of amides is 1. The fraction of sp³-hybridized carbons (Fsp3) is 0.462. The molecule has 0 saturated carbocycles. The van der Waals surface area contributed by atoms with Crippen LogP contribution >= 0.6 is 15.9 Å². The second-order valence-corrected chi connectivity index (χ2v) is 5.10. The Morgan fingerprint density at radius 2 is 2.09 bits per heavy atom. The standard InChI is InChI=1S/C13H20BrN3O5/c1-15-12-11(14)9(21-4)6-8(13(12)17(19)22-5)16(2)10(18)7-20-3/h6,15,19H,7H2,1-5H3/p+1. The lowest BCUT2D eigenvalue weighted by Crippen LogP contribution is -3.03. The molecule has 1 amide bonds. The minimum absolute atomic E-state index is 0.0864. The van der Waals surface area contributed by atoms with Crippen LogP contribution in [-0.2, 0) is 14.4 Å². The van der Waals surface area contributed by atoms with Crippen LogP contribution in [-0.4, -0.2) is 53.1 Å². The number of likely N-dealkylation sites (N-methyl/N-ethyl adjacent to an activating group) is 1. The number of hydrogen-bond acceptors (Lipinski definition) is 6. The number of hydrogen-bond donors (Lipinski definition) is 3. The Labute approximate surface area is 137 Å². The maximum Gasteiger partial charge on any atom is 0.252 e. The van der Waals surface area contributed by atoms with Crippen LogP contribution in [0.2, 0.25) is 0 Å².